The van der Waals surface area contributed by atoms with Crippen LogP contribution in [-0.4, -0.2) is 7.11 Å². The summed E-state index contributed by atoms with van der Waals surface area (Å²) in [6.07, 6.45) is 0. The largest absolute Gasteiger partial charge is 0.495 e. The van der Waals surface area contributed by atoms with Gasteiger partial charge in [0.1, 0.15) is 11.8 Å². The zero-order chi connectivity index (χ0) is 13.7. The highest BCUT2D eigenvalue weighted by Crippen LogP contribution is 2.28. The summed E-state index contributed by atoms with van der Waals surface area (Å²) in [6, 6.07) is 16.5. The summed E-state index contributed by atoms with van der Waals surface area (Å²) >= 11 is 5.84. The van der Waals surface area contributed by atoms with Crippen LogP contribution >= 0.6 is 11.6 Å². The van der Waals surface area contributed by atoms with Gasteiger partial charge in [0, 0.05) is 5.02 Å². The smallest absolute Gasteiger partial charge is 0.141 e. The highest BCUT2D eigenvalue weighted by atomic mass is 35.5. The molecule has 0 aliphatic rings. The van der Waals surface area contributed by atoms with Crippen LogP contribution in [-0.2, 0) is 0 Å². The molecule has 4 heteroatoms. The van der Waals surface area contributed by atoms with E-state index in [4.69, 9.17) is 16.3 Å². The van der Waals surface area contributed by atoms with E-state index in [2.05, 4.69) is 11.4 Å². The number of para-hydroxylation sites is 2. The number of methoxy groups -OCH3 is 1. The molecule has 96 valence electrons. The number of rotatable bonds is 4. The maximum absolute atomic E-state index is 9.29. The Morgan fingerprint density at radius 1 is 1.16 bits per heavy atom. The molecular formula is C15H13ClN2O. The van der Waals surface area contributed by atoms with Crippen molar-refractivity contribution in [2.45, 2.75) is 6.04 Å². The molecule has 1 atom stereocenters. The summed E-state index contributed by atoms with van der Waals surface area (Å²) in [5.74, 6) is 0.705. The molecule has 19 heavy (non-hydrogen) atoms. The van der Waals surface area contributed by atoms with E-state index in [1.54, 1.807) is 19.2 Å². The Balaban J connectivity index is 2.24. The van der Waals surface area contributed by atoms with Gasteiger partial charge in [-0.05, 0) is 29.8 Å². The Morgan fingerprint density at radius 3 is 2.47 bits per heavy atom. The second-order valence-electron chi connectivity index (χ2n) is 3.96. The predicted octanol–water partition coefficient (Wildman–Crippen LogP) is 4.03. The summed E-state index contributed by atoms with van der Waals surface area (Å²) in [5.41, 5.74) is 1.64. The van der Waals surface area contributed by atoms with Crippen LogP contribution in [0.5, 0.6) is 5.75 Å². The van der Waals surface area contributed by atoms with Crippen molar-refractivity contribution in [3.05, 3.63) is 59.1 Å². The molecule has 0 amide bonds. The molecule has 0 aliphatic heterocycles. The van der Waals surface area contributed by atoms with Crippen LogP contribution in [0.1, 0.15) is 11.6 Å². The Labute approximate surface area is 117 Å². The maximum atomic E-state index is 9.29. The Morgan fingerprint density at radius 2 is 1.84 bits per heavy atom. The monoisotopic (exact) mass is 272 g/mol. The van der Waals surface area contributed by atoms with Crippen molar-refractivity contribution in [1.82, 2.24) is 0 Å². The number of nitriles is 1. The SMILES string of the molecule is COc1ccccc1NC(C#N)c1ccc(Cl)cc1. The maximum Gasteiger partial charge on any atom is 0.141 e. The molecule has 0 heterocycles. The summed E-state index contributed by atoms with van der Waals surface area (Å²) in [4.78, 5) is 0. The van der Waals surface area contributed by atoms with Crippen molar-refractivity contribution in [3.63, 3.8) is 0 Å². The number of nitrogens with zero attached hydrogens (tertiary/aromatic N) is 1. The Kier molecular flexibility index (Phi) is 4.27. The molecule has 0 spiro atoms. The minimum atomic E-state index is -0.450. The van der Waals surface area contributed by atoms with Gasteiger partial charge >= 0.3 is 0 Å². The van der Waals surface area contributed by atoms with Gasteiger partial charge in [0.25, 0.3) is 0 Å². The number of ether oxygens (including phenoxy) is 1. The summed E-state index contributed by atoms with van der Waals surface area (Å²) in [5, 5.41) is 13.1. The Hall–Kier alpha value is -2.18. The molecule has 0 saturated heterocycles. The first-order chi connectivity index (χ1) is 9.24. The molecule has 1 N–H and O–H groups in total. The first kappa shape index (κ1) is 13.3. The standard InChI is InChI=1S/C15H13ClN2O/c1-19-15-5-3-2-4-13(15)18-14(10-17)11-6-8-12(16)9-7-11/h2-9,14,18H,1H3. The van der Waals surface area contributed by atoms with Gasteiger partial charge in [0.2, 0.25) is 0 Å². The van der Waals surface area contributed by atoms with Crippen molar-refractivity contribution in [2.75, 3.05) is 12.4 Å². The number of anilines is 1. The minimum absolute atomic E-state index is 0.450. The van der Waals surface area contributed by atoms with E-state index in [-0.39, 0.29) is 0 Å². The first-order valence-corrected chi connectivity index (χ1v) is 6.17. The van der Waals surface area contributed by atoms with Gasteiger partial charge in [0.15, 0.2) is 0 Å². The molecule has 0 radical (unpaired) electrons. The second-order valence-corrected chi connectivity index (χ2v) is 4.39. The molecule has 2 rings (SSSR count). The topological polar surface area (TPSA) is 45.0 Å². The van der Waals surface area contributed by atoms with Gasteiger partial charge < -0.3 is 10.1 Å². The average molecular weight is 273 g/mol. The van der Waals surface area contributed by atoms with Gasteiger partial charge in [-0.15, -0.1) is 0 Å². The van der Waals surface area contributed by atoms with Crippen LogP contribution in [0.4, 0.5) is 5.69 Å². The van der Waals surface area contributed by atoms with Crippen LogP contribution in [0.25, 0.3) is 0 Å². The van der Waals surface area contributed by atoms with Crippen molar-refractivity contribution in [3.8, 4) is 11.8 Å². The lowest BCUT2D eigenvalue weighted by molar-refractivity contribution is 0.416. The Bertz CT molecular complexity index is 590. The number of nitrogens with one attached hydrogen (secondary N) is 1. The van der Waals surface area contributed by atoms with E-state index >= 15 is 0 Å². The average Bonchev–Trinajstić information content (AvgIpc) is 2.46. The van der Waals surface area contributed by atoms with E-state index < -0.39 is 6.04 Å². The highest BCUT2D eigenvalue weighted by Gasteiger charge is 2.12. The van der Waals surface area contributed by atoms with E-state index in [0.717, 1.165) is 11.3 Å². The molecule has 2 aromatic carbocycles. The van der Waals surface area contributed by atoms with Crippen molar-refractivity contribution < 1.29 is 4.74 Å². The van der Waals surface area contributed by atoms with Gasteiger partial charge in [-0.3, -0.25) is 0 Å². The number of hydrogen-bond acceptors (Lipinski definition) is 3. The molecule has 0 aromatic heterocycles. The molecule has 0 bridgehead atoms. The quantitative estimate of drug-likeness (QED) is 0.914. The normalized spacial score (nSPS) is 11.4. The number of benzene rings is 2. The van der Waals surface area contributed by atoms with E-state index in [1.165, 1.54) is 0 Å². The van der Waals surface area contributed by atoms with Gasteiger partial charge in [-0.1, -0.05) is 35.9 Å². The van der Waals surface area contributed by atoms with Crippen LogP contribution in [0.15, 0.2) is 48.5 Å². The minimum Gasteiger partial charge on any atom is -0.495 e. The van der Waals surface area contributed by atoms with Crippen molar-refractivity contribution in [1.29, 1.82) is 5.26 Å². The lowest BCUT2D eigenvalue weighted by atomic mass is 10.1. The molecule has 2 aromatic rings. The molecule has 1 unspecified atom stereocenters. The summed E-state index contributed by atoms with van der Waals surface area (Å²) in [7, 11) is 1.60. The first-order valence-electron chi connectivity index (χ1n) is 5.79. The lowest BCUT2D eigenvalue weighted by Crippen LogP contribution is -2.09. The van der Waals surface area contributed by atoms with E-state index in [0.29, 0.717) is 10.8 Å². The third kappa shape index (κ3) is 3.18. The van der Waals surface area contributed by atoms with Crippen LogP contribution in [0.3, 0.4) is 0 Å². The molecule has 0 saturated carbocycles. The fourth-order valence-corrected chi connectivity index (χ4v) is 1.89. The number of hydrogen-bond donors (Lipinski definition) is 1. The zero-order valence-corrected chi connectivity index (χ0v) is 11.2. The van der Waals surface area contributed by atoms with Gasteiger partial charge in [-0.2, -0.15) is 5.26 Å². The fraction of sp³-hybridized carbons (Fsp3) is 0.133. The van der Waals surface area contributed by atoms with Crippen molar-refractivity contribution in [2.24, 2.45) is 0 Å². The van der Waals surface area contributed by atoms with Gasteiger partial charge in [-0.25, -0.2) is 0 Å². The van der Waals surface area contributed by atoms with Crippen LogP contribution in [0.2, 0.25) is 5.02 Å². The van der Waals surface area contributed by atoms with E-state index in [9.17, 15) is 5.26 Å². The van der Waals surface area contributed by atoms with Crippen LogP contribution < -0.4 is 10.1 Å². The molecular weight excluding hydrogens is 260 g/mol. The molecule has 0 fully saturated rings. The van der Waals surface area contributed by atoms with Gasteiger partial charge in [0.05, 0.1) is 18.9 Å². The van der Waals surface area contributed by atoms with E-state index in [1.807, 2.05) is 36.4 Å². The van der Waals surface area contributed by atoms with Crippen molar-refractivity contribution >= 4 is 17.3 Å². The third-order valence-electron chi connectivity index (χ3n) is 2.74. The predicted molar refractivity (Wildman–Crippen MR) is 76.4 cm³/mol. The second kappa shape index (κ2) is 6.12. The fourth-order valence-electron chi connectivity index (χ4n) is 1.76. The number of halogens is 1. The lowest BCUT2D eigenvalue weighted by Gasteiger charge is -2.15. The molecule has 0 aliphatic carbocycles. The summed E-state index contributed by atoms with van der Waals surface area (Å²) < 4.78 is 5.25. The third-order valence-corrected chi connectivity index (χ3v) is 2.99. The van der Waals surface area contributed by atoms with Crippen LogP contribution in [0, 0.1) is 11.3 Å². The summed E-state index contributed by atoms with van der Waals surface area (Å²) in [6.45, 7) is 0. The zero-order valence-electron chi connectivity index (χ0n) is 10.4. The molecule has 3 nitrogen and oxygen atoms in total. The highest BCUT2D eigenvalue weighted by molar-refractivity contribution is 6.30.